The third-order valence-electron chi connectivity index (χ3n) is 7.35. The minimum atomic E-state index is -0.723. The molecule has 2 aromatic rings. The molecule has 39 heavy (non-hydrogen) atoms. The third kappa shape index (κ3) is 8.38. The van der Waals surface area contributed by atoms with Crippen molar-refractivity contribution < 1.29 is 14.7 Å². The van der Waals surface area contributed by atoms with Gasteiger partial charge in [-0.05, 0) is 49.8 Å². The highest BCUT2D eigenvalue weighted by Gasteiger charge is 2.44. The summed E-state index contributed by atoms with van der Waals surface area (Å²) in [5, 5.41) is 17.0. The Hall–Kier alpha value is -2.73. The van der Waals surface area contributed by atoms with E-state index in [1.54, 1.807) is 16.2 Å². The summed E-state index contributed by atoms with van der Waals surface area (Å²) in [5.74, 6) is 2.29. The summed E-state index contributed by atoms with van der Waals surface area (Å²) in [6, 6.07) is 6.71. The van der Waals surface area contributed by atoms with Crippen LogP contribution in [0.3, 0.4) is 0 Å². The van der Waals surface area contributed by atoms with Crippen LogP contribution in [0.25, 0.3) is 10.4 Å². The first-order chi connectivity index (χ1) is 18.5. The topological polar surface area (TPSA) is 94.6 Å². The number of unbranched alkanes of at least 4 members (excludes halogenated alkanes) is 4. The number of rotatable bonds is 12. The standard InChI is InChI=1S/C31H44N4O3S/c1-7-8-9-10-11-12-17-32-28(31(4,5)6)30(38)35-19-25(36)18-26(35)29(37)34-21(2)23-13-15-24(16-14-23)27-22(3)33-20-39-27/h1,13-16,20-21,25-26,28,32,36H,8-12,17-19H2,2-6H3,(H,34,37)/t21-,25+,26-,28+/m0/s1. The number of aromatic nitrogens is 1. The number of nitrogens with one attached hydrogen (secondary N) is 2. The molecule has 212 valence electrons. The molecule has 8 heteroatoms. The Morgan fingerprint density at radius 3 is 2.51 bits per heavy atom. The van der Waals surface area contributed by atoms with Crippen LogP contribution in [-0.4, -0.2) is 58.1 Å². The molecule has 2 heterocycles. The summed E-state index contributed by atoms with van der Waals surface area (Å²) >= 11 is 1.61. The molecular weight excluding hydrogens is 508 g/mol. The van der Waals surface area contributed by atoms with E-state index < -0.39 is 18.2 Å². The molecule has 1 aliphatic rings. The van der Waals surface area contributed by atoms with Gasteiger partial charge in [0.25, 0.3) is 0 Å². The van der Waals surface area contributed by atoms with Crippen molar-refractivity contribution in [3.63, 3.8) is 0 Å². The summed E-state index contributed by atoms with van der Waals surface area (Å²) < 4.78 is 0. The third-order valence-corrected chi connectivity index (χ3v) is 8.33. The van der Waals surface area contributed by atoms with Crippen LogP contribution >= 0.6 is 11.3 Å². The maximum Gasteiger partial charge on any atom is 0.243 e. The molecule has 1 aromatic carbocycles. The van der Waals surface area contributed by atoms with Gasteiger partial charge in [0.05, 0.1) is 34.3 Å². The fraction of sp³-hybridized carbons (Fsp3) is 0.581. The van der Waals surface area contributed by atoms with E-state index in [2.05, 4.69) is 21.5 Å². The van der Waals surface area contributed by atoms with Gasteiger partial charge in [-0.2, -0.15) is 0 Å². The van der Waals surface area contributed by atoms with Crippen molar-refractivity contribution in [2.45, 2.75) is 97.4 Å². The van der Waals surface area contributed by atoms with Crippen LogP contribution < -0.4 is 10.6 Å². The highest BCUT2D eigenvalue weighted by atomic mass is 32.1. The Balaban J connectivity index is 1.62. The molecule has 1 saturated heterocycles. The van der Waals surface area contributed by atoms with Gasteiger partial charge in [0.15, 0.2) is 0 Å². The van der Waals surface area contributed by atoms with Gasteiger partial charge in [-0.25, -0.2) is 4.98 Å². The average Bonchev–Trinajstić information content (AvgIpc) is 3.50. The number of terminal acetylenes is 1. The van der Waals surface area contributed by atoms with Gasteiger partial charge >= 0.3 is 0 Å². The molecule has 2 amide bonds. The minimum Gasteiger partial charge on any atom is -0.391 e. The molecule has 7 nitrogen and oxygen atoms in total. The smallest absolute Gasteiger partial charge is 0.243 e. The van der Waals surface area contributed by atoms with E-state index in [0.717, 1.165) is 53.8 Å². The van der Waals surface area contributed by atoms with Gasteiger partial charge in [0, 0.05) is 19.4 Å². The van der Waals surface area contributed by atoms with Crippen molar-refractivity contribution in [3.8, 4) is 22.8 Å². The van der Waals surface area contributed by atoms with Crippen LogP contribution in [-0.2, 0) is 9.59 Å². The second-order valence-electron chi connectivity index (χ2n) is 11.6. The van der Waals surface area contributed by atoms with Gasteiger partial charge in [-0.15, -0.1) is 23.7 Å². The number of hydrogen-bond donors (Lipinski definition) is 3. The molecule has 3 rings (SSSR count). The predicted octanol–water partition coefficient (Wildman–Crippen LogP) is 4.85. The summed E-state index contributed by atoms with van der Waals surface area (Å²) in [7, 11) is 0. The number of aliphatic hydroxyl groups is 1. The van der Waals surface area contributed by atoms with E-state index in [1.165, 1.54) is 0 Å². The van der Waals surface area contributed by atoms with Crippen LogP contribution in [0.4, 0.5) is 0 Å². The van der Waals surface area contributed by atoms with Crippen molar-refractivity contribution in [2.75, 3.05) is 13.1 Å². The van der Waals surface area contributed by atoms with E-state index in [-0.39, 0.29) is 36.2 Å². The van der Waals surface area contributed by atoms with Gasteiger partial charge in [0.1, 0.15) is 6.04 Å². The van der Waals surface area contributed by atoms with Crippen molar-refractivity contribution in [2.24, 2.45) is 5.41 Å². The Morgan fingerprint density at radius 2 is 1.90 bits per heavy atom. The maximum atomic E-state index is 13.7. The lowest BCUT2D eigenvalue weighted by atomic mass is 9.85. The molecule has 0 spiro atoms. The van der Waals surface area contributed by atoms with Gasteiger partial charge in [-0.1, -0.05) is 57.9 Å². The average molecular weight is 553 g/mol. The lowest BCUT2D eigenvalue weighted by molar-refractivity contribution is -0.142. The van der Waals surface area contributed by atoms with E-state index in [4.69, 9.17) is 6.42 Å². The van der Waals surface area contributed by atoms with Crippen LogP contribution in [0.2, 0.25) is 0 Å². The number of carbonyl (C=O) groups is 2. The monoisotopic (exact) mass is 552 g/mol. The molecule has 4 atom stereocenters. The van der Waals surface area contributed by atoms with Crippen molar-refractivity contribution in [1.29, 1.82) is 0 Å². The highest BCUT2D eigenvalue weighted by molar-refractivity contribution is 7.13. The molecule has 1 fully saturated rings. The van der Waals surface area contributed by atoms with E-state index >= 15 is 0 Å². The predicted molar refractivity (Wildman–Crippen MR) is 158 cm³/mol. The lowest BCUT2D eigenvalue weighted by Crippen LogP contribution is -2.56. The van der Waals surface area contributed by atoms with Crippen LogP contribution in [0.5, 0.6) is 0 Å². The van der Waals surface area contributed by atoms with Gasteiger partial charge < -0.3 is 20.6 Å². The Bertz CT molecular complexity index is 1130. The molecular formula is C31H44N4O3S. The van der Waals surface area contributed by atoms with Gasteiger partial charge in [-0.3, -0.25) is 9.59 Å². The van der Waals surface area contributed by atoms with Crippen LogP contribution in [0.1, 0.15) is 83.5 Å². The largest absolute Gasteiger partial charge is 0.391 e. The summed E-state index contributed by atoms with van der Waals surface area (Å²) in [4.78, 5) is 34.2. The van der Waals surface area contributed by atoms with Crippen molar-refractivity contribution >= 4 is 23.2 Å². The number of hydrogen-bond acceptors (Lipinski definition) is 6. The number of β-amino-alcohol motifs (C(OH)–C–C–N with tert-alkyl or cyclic N) is 1. The van der Waals surface area contributed by atoms with Gasteiger partial charge in [0.2, 0.25) is 11.8 Å². The molecule has 1 aliphatic heterocycles. The molecule has 3 N–H and O–H groups in total. The molecule has 0 aliphatic carbocycles. The zero-order valence-corrected chi connectivity index (χ0v) is 24.8. The molecule has 0 radical (unpaired) electrons. The first-order valence-electron chi connectivity index (χ1n) is 14.0. The van der Waals surface area contributed by atoms with Crippen molar-refractivity contribution in [3.05, 3.63) is 41.0 Å². The summed E-state index contributed by atoms with van der Waals surface area (Å²) in [6.45, 7) is 10.9. The molecule has 1 aromatic heterocycles. The molecule has 0 bridgehead atoms. The Kier molecular flexibility index (Phi) is 11.1. The number of thiazole rings is 1. The summed E-state index contributed by atoms with van der Waals surface area (Å²) in [6.07, 6.45) is 9.74. The Labute approximate surface area is 237 Å². The van der Waals surface area contributed by atoms with E-state index in [9.17, 15) is 14.7 Å². The Morgan fingerprint density at radius 1 is 1.21 bits per heavy atom. The number of carbonyl (C=O) groups excluding carboxylic acids is 2. The zero-order valence-electron chi connectivity index (χ0n) is 24.0. The number of benzene rings is 1. The van der Waals surface area contributed by atoms with Crippen LogP contribution in [0, 0.1) is 24.7 Å². The zero-order chi connectivity index (χ0) is 28.6. The highest BCUT2D eigenvalue weighted by Crippen LogP contribution is 2.29. The number of amides is 2. The molecule has 0 unspecified atom stereocenters. The minimum absolute atomic E-state index is 0.136. The SMILES string of the molecule is C#CCCCCCCN[C@H](C(=O)N1C[C@H](O)C[C@H]1C(=O)N[C@@H](C)c1ccc(-c2scnc2C)cc1)C(C)(C)C. The normalized spacial score (nSPS) is 18.9. The number of aliphatic hydroxyl groups excluding tert-OH is 1. The summed E-state index contributed by atoms with van der Waals surface area (Å²) in [5.41, 5.74) is 4.57. The quantitative estimate of drug-likeness (QED) is 0.259. The number of likely N-dealkylation sites (tertiary alicyclic amines) is 1. The maximum absolute atomic E-state index is 13.7. The second-order valence-corrected chi connectivity index (χ2v) is 12.5. The first kappa shape index (κ1) is 30.8. The number of nitrogens with zero attached hydrogens (tertiary/aromatic N) is 2. The number of aryl methyl sites for hydroxylation is 1. The first-order valence-corrected chi connectivity index (χ1v) is 14.9. The molecule has 0 saturated carbocycles. The van der Waals surface area contributed by atoms with E-state index in [1.807, 2.05) is 64.4 Å². The fourth-order valence-corrected chi connectivity index (χ4v) is 5.89. The van der Waals surface area contributed by atoms with Crippen molar-refractivity contribution in [1.82, 2.24) is 20.5 Å². The van der Waals surface area contributed by atoms with Crippen LogP contribution in [0.15, 0.2) is 29.8 Å². The lowest BCUT2D eigenvalue weighted by Gasteiger charge is -2.35. The fourth-order valence-electron chi connectivity index (χ4n) is 5.08. The second kappa shape index (κ2) is 14.1. The van der Waals surface area contributed by atoms with E-state index in [0.29, 0.717) is 6.54 Å².